The Balaban J connectivity index is 0.760. The van der Waals surface area contributed by atoms with Gasteiger partial charge in [0.25, 0.3) is 5.91 Å². The number of carbonyl (C=O) groups excluding carboxylic acids is 3. The molecule has 2 aromatic carbocycles. The van der Waals surface area contributed by atoms with E-state index in [9.17, 15) is 14.4 Å². The Morgan fingerprint density at radius 1 is 0.800 bits per heavy atom. The predicted octanol–water partition coefficient (Wildman–Crippen LogP) is 8.34. The van der Waals surface area contributed by atoms with Crippen molar-refractivity contribution in [3.8, 4) is 11.3 Å². The summed E-state index contributed by atoms with van der Waals surface area (Å²) in [5.74, 6) is -0.362. The largest absolute Gasteiger partial charge is 0.355 e. The Labute approximate surface area is 381 Å². The van der Waals surface area contributed by atoms with Crippen LogP contribution in [-0.4, -0.2) is 96.3 Å². The van der Waals surface area contributed by atoms with Gasteiger partial charge in [0.1, 0.15) is 22.9 Å². The van der Waals surface area contributed by atoms with Crippen molar-refractivity contribution >= 4 is 62.7 Å². The molecular weight excluding hydrogens is 851 g/mol. The summed E-state index contributed by atoms with van der Waals surface area (Å²) in [5, 5.41) is 12.3. The number of unbranched alkanes of at least 4 members (excludes halogenated alkanes) is 4. The lowest BCUT2D eigenvalue weighted by atomic mass is 10.1. The highest BCUT2D eigenvalue weighted by Gasteiger charge is 2.21. The average molecular weight is 907 g/mol. The molecule has 1 fully saturated rings. The molecule has 65 heavy (non-hydrogen) atoms. The van der Waals surface area contributed by atoms with Gasteiger partial charge in [-0.1, -0.05) is 37.5 Å². The van der Waals surface area contributed by atoms with Gasteiger partial charge in [0.2, 0.25) is 17.8 Å². The minimum Gasteiger partial charge on any atom is -0.355 e. The molecule has 342 valence electrons. The Kier molecular flexibility index (Phi) is 15.6. The van der Waals surface area contributed by atoms with E-state index in [1.54, 1.807) is 36.5 Å². The van der Waals surface area contributed by atoms with Gasteiger partial charge >= 0.3 is 0 Å². The van der Waals surface area contributed by atoms with E-state index in [1.165, 1.54) is 17.4 Å². The third kappa shape index (κ3) is 12.3. The molecule has 1 saturated heterocycles. The van der Waals surface area contributed by atoms with Crippen LogP contribution in [0.2, 0.25) is 0 Å². The van der Waals surface area contributed by atoms with Crippen molar-refractivity contribution in [3.63, 3.8) is 0 Å². The van der Waals surface area contributed by atoms with Crippen LogP contribution in [0.4, 0.5) is 31.4 Å². The third-order valence-electron chi connectivity index (χ3n) is 11.4. The second kappa shape index (κ2) is 21.6. The molecule has 15 nitrogen and oxygen atoms in total. The zero-order valence-corrected chi connectivity index (χ0v) is 38.3. The first-order valence-electron chi connectivity index (χ1n) is 22.1. The van der Waals surface area contributed by atoms with Gasteiger partial charge in [-0.3, -0.25) is 29.5 Å². The van der Waals surface area contributed by atoms with Gasteiger partial charge in [-0.25, -0.2) is 33.7 Å². The molecule has 0 bridgehead atoms. The number of aryl methyl sites for hydroxylation is 3. The number of anilines is 4. The maximum absolute atomic E-state index is 15.1. The first kappa shape index (κ1) is 46.7. The molecule has 1 aliphatic rings. The molecule has 5 heterocycles. The van der Waals surface area contributed by atoms with Crippen molar-refractivity contribution in [3.05, 3.63) is 100 Å². The number of pyridine rings is 1. The van der Waals surface area contributed by atoms with Crippen LogP contribution >= 0.6 is 11.3 Å². The Morgan fingerprint density at radius 2 is 1.55 bits per heavy atom. The Bertz CT molecular complexity index is 2610. The van der Waals surface area contributed by atoms with Crippen molar-refractivity contribution < 1.29 is 23.2 Å². The van der Waals surface area contributed by atoms with Crippen LogP contribution in [0.25, 0.3) is 22.3 Å². The van der Waals surface area contributed by atoms with E-state index in [2.05, 4.69) is 56.0 Å². The number of hydrogen-bond acceptors (Lipinski definition) is 12. The molecule has 3 amide bonds. The van der Waals surface area contributed by atoms with E-state index in [1.807, 2.05) is 51.3 Å². The molecule has 1 aliphatic heterocycles. The fourth-order valence-electron chi connectivity index (χ4n) is 7.88. The van der Waals surface area contributed by atoms with Crippen molar-refractivity contribution in [1.29, 1.82) is 0 Å². The zero-order chi connectivity index (χ0) is 46.0. The van der Waals surface area contributed by atoms with E-state index >= 15 is 8.78 Å². The minimum absolute atomic E-state index is 0.0207. The highest BCUT2D eigenvalue weighted by atomic mass is 32.1. The monoisotopic (exact) mass is 906 g/mol. The number of piperazine rings is 1. The number of para-hydroxylation sites is 1. The van der Waals surface area contributed by atoms with Gasteiger partial charge < -0.3 is 20.5 Å². The van der Waals surface area contributed by atoms with Gasteiger partial charge in [-0.15, -0.1) is 11.3 Å². The maximum Gasteiger partial charge on any atom is 0.259 e. The molecule has 4 N–H and O–H groups in total. The molecule has 0 radical (unpaired) electrons. The SMILES string of the molecule is Cc1nc(NC(=O)c2ccccc2NC(=O)CCCCCCCNC(=O)CN2CCN(Cc3ccc(Nc4ncc(F)c(-c5cc(F)c6nc(C)n(C(C)C)c6c5)n4)nc3)CC2)sc1C. The van der Waals surface area contributed by atoms with Crippen molar-refractivity contribution in [2.75, 3.05) is 55.2 Å². The first-order valence-corrected chi connectivity index (χ1v) is 22.9. The molecule has 0 spiro atoms. The minimum atomic E-state index is -0.673. The number of rotatable bonds is 19. The smallest absolute Gasteiger partial charge is 0.259 e. The number of hydrogen-bond donors (Lipinski definition) is 4. The van der Waals surface area contributed by atoms with Crippen LogP contribution in [0.3, 0.4) is 0 Å². The van der Waals surface area contributed by atoms with E-state index in [0.717, 1.165) is 80.6 Å². The number of benzene rings is 2. The second-order valence-corrected chi connectivity index (χ2v) is 17.8. The van der Waals surface area contributed by atoms with Gasteiger partial charge in [0, 0.05) is 68.4 Å². The van der Waals surface area contributed by atoms with E-state index in [-0.39, 0.29) is 46.5 Å². The van der Waals surface area contributed by atoms with Gasteiger partial charge in [-0.2, -0.15) is 0 Å². The van der Waals surface area contributed by atoms with E-state index in [4.69, 9.17) is 0 Å². The number of thiazole rings is 1. The molecule has 7 rings (SSSR count). The summed E-state index contributed by atoms with van der Waals surface area (Å²) in [7, 11) is 0. The highest BCUT2D eigenvalue weighted by Crippen LogP contribution is 2.31. The number of carbonyl (C=O) groups is 3. The molecule has 0 aliphatic carbocycles. The summed E-state index contributed by atoms with van der Waals surface area (Å²) in [6, 6.07) is 13.7. The lowest BCUT2D eigenvalue weighted by Crippen LogP contribution is -2.49. The normalized spacial score (nSPS) is 13.4. The maximum atomic E-state index is 15.1. The lowest BCUT2D eigenvalue weighted by Gasteiger charge is -2.34. The van der Waals surface area contributed by atoms with Crippen LogP contribution < -0.4 is 21.3 Å². The van der Waals surface area contributed by atoms with Gasteiger partial charge in [-0.05, 0) is 83.4 Å². The number of nitrogens with one attached hydrogen (secondary N) is 4. The van der Waals surface area contributed by atoms with Gasteiger partial charge in [0.05, 0.1) is 35.2 Å². The zero-order valence-electron chi connectivity index (χ0n) is 37.5. The predicted molar refractivity (Wildman–Crippen MR) is 250 cm³/mol. The van der Waals surface area contributed by atoms with Crippen LogP contribution in [-0.2, 0) is 16.1 Å². The number of fused-ring (bicyclic) bond motifs is 1. The molecule has 0 atom stereocenters. The summed E-state index contributed by atoms with van der Waals surface area (Å²) in [6.07, 6.45) is 7.62. The number of nitrogens with zero attached hydrogens (tertiary/aromatic N) is 8. The lowest BCUT2D eigenvalue weighted by molar-refractivity contribution is -0.122. The van der Waals surface area contributed by atoms with Crippen LogP contribution in [0.1, 0.15) is 90.7 Å². The number of imidazole rings is 1. The molecule has 6 aromatic rings. The van der Waals surface area contributed by atoms with E-state index in [0.29, 0.717) is 59.6 Å². The molecule has 4 aromatic heterocycles. The standard InChI is InChI=1S/C47H56F2N12O3S/c1-29(2)61-32(5)54-44-36(48)23-34(24-39(44)61)43-37(49)26-52-46(57-43)56-40-17-16-33(25-51-40)27-59-19-21-60(22-20-59)28-42(63)50-18-12-8-6-7-9-15-41(62)55-38-14-11-10-13-35(38)45(64)58-47-53-30(3)31(4)65-47/h10-11,13-14,16-17,23-26,29H,6-9,12,15,18-22,27-28H2,1-5H3,(H,50,63)(H,55,62)(H,53,58,64)(H,51,52,56,57). The summed E-state index contributed by atoms with van der Waals surface area (Å²) >= 11 is 1.42. The number of halogens is 2. The van der Waals surface area contributed by atoms with Crippen molar-refractivity contribution in [2.45, 2.75) is 85.7 Å². The van der Waals surface area contributed by atoms with Crippen molar-refractivity contribution in [1.82, 2.24) is 44.6 Å². The molecule has 18 heteroatoms. The third-order valence-corrected chi connectivity index (χ3v) is 12.3. The average Bonchev–Trinajstić information content (AvgIpc) is 3.79. The van der Waals surface area contributed by atoms with E-state index < -0.39 is 11.6 Å². The van der Waals surface area contributed by atoms with Gasteiger partial charge in [0.15, 0.2) is 16.8 Å². The quantitative estimate of drug-likeness (QED) is 0.0575. The van der Waals surface area contributed by atoms with Crippen LogP contribution in [0.5, 0.6) is 0 Å². The fraction of sp³-hybridized carbons (Fsp3) is 0.404. The van der Waals surface area contributed by atoms with Crippen molar-refractivity contribution in [2.24, 2.45) is 0 Å². The molecule has 0 unspecified atom stereocenters. The number of amides is 3. The summed E-state index contributed by atoms with van der Waals surface area (Å²) in [6.45, 7) is 14.5. The van der Waals surface area contributed by atoms with Crippen LogP contribution in [0, 0.1) is 32.4 Å². The summed E-state index contributed by atoms with van der Waals surface area (Å²) < 4.78 is 32.1. The second-order valence-electron chi connectivity index (χ2n) is 16.6. The highest BCUT2D eigenvalue weighted by molar-refractivity contribution is 7.15. The first-order chi connectivity index (χ1) is 31.3. The topological polar surface area (TPSA) is 175 Å². The molecule has 0 saturated carbocycles. The fourth-order valence-corrected chi connectivity index (χ4v) is 8.69. The Hall–Kier alpha value is -6.24. The molecular formula is C47H56F2N12O3S. The van der Waals surface area contributed by atoms with Crippen LogP contribution in [0.15, 0.2) is 60.9 Å². The summed E-state index contributed by atoms with van der Waals surface area (Å²) in [4.78, 5) is 65.6. The summed E-state index contributed by atoms with van der Waals surface area (Å²) in [5.41, 5.74) is 3.81. The number of aromatic nitrogens is 6. The Morgan fingerprint density at radius 3 is 2.29 bits per heavy atom.